The van der Waals surface area contributed by atoms with Crippen LogP contribution in [0, 0.1) is 50.7 Å². The van der Waals surface area contributed by atoms with Gasteiger partial charge in [0.25, 0.3) is 0 Å². The number of hydrogen-bond acceptors (Lipinski definition) is 10. The van der Waals surface area contributed by atoms with E-state index in [1.54, 1.807) is 0 Å². The van der Waals surface area contributed by atoms with Gasteiger partial charge in [-0.15, -0.1) is 0 Å². The van der Waals surface area contributed by atoms with Crippen LogP contribution in [0.3, 0.4) is 0 Å². The third-order valence-electron chi connectivity index (χ3n) is 15.7. The molecule has 1 aliphatic heterocycles. The third-order valence-corrected chi connectivity index (χ3v) is 15.7. The molecule has 0 aromatic carbocycles. The molecule has 0 unspecified atom stereocenters. The lowest BCUT2D eigenvalue weighted by atomic mass is 9.33. The first-order valence-corrected chi connectivity index (χ1v) is 17.6. The second-order valence-corrected chi connectivity index (χ2v) is 17.4. The summed E-state index contributed by atoms with van der Waals surface area (Å²) >= 11 is 0. The van der Waals surface area contributed by atoms with E-state index in [9.17, 15) is 40.5 Å². The van der Waals surface area contributed by atoms with Crippen molar-refractivity contribution in [2.75, 3.05) is 13.2 Å². The predicted octanol–water partition coefficient (Wildman–Crippen LogP) is 2.44. The molecule has 10 heteroatoms. The van der Waals surface area contributed by atoms with Gasteiger partial charge in [0, 0.05) is 11.3 Å². The average molecular weight is 651 g/mol. The summed E-state index contributed by atoms with van der Waals surface area (Å²) in [5.41, 5.74) is -2.34. The Bertz CT molecular complexity index is 1240. The van der Waals surface area contributed by atoms with E-state index in [1.165, 1.54) is 0 Å². The van der Waals surface area contributed by atoms with Gasteiger partial charge >= 0.3 is 5.97 Å². The molecule has 5 fully saturated rings. The standard InChI is InChI=1S/C36H58O10/c1-19-9-14-36(30(43)46-29-27(42)26(41)25(40)21(17-37)45-29)16-15-33(4)20(28(36)35(19,6)44)7-8-23-31(2)12-11-24(39)32(3,18-38)22(31)10-13-34(23,33)5/h7,19,21-29,37-42,44H,8-18H2,1-6H3/t19-,21+,22-,23-,24+,25+,26-,27+,28-,29-,31+,32+,33-,34-,35-,36+/m1/s1. The molecule has 46 heavy (non-hydrogen) atoms. The Hall–Kier alpha value is -1.11. The number of carbonyl (C=O) groups excluding carboxylic acids is 1. The fraction of sp³-hybridized carbons (Fsp3) is 0.917. The van der Waals surface area contributed by atoms with Gasteiger partial charge in [0.1, 0.15) is 24.4 Å². The Morgan fingerprint density at radius 1 is 0.891 bits per heavy atom. The van der Waals surface area contributed by atoms with Crippen LogP contribution in [0.15, 0.2) is 11.6 Å². The van der Waals surface area contributed by atoms with E-state index < -0.39 is 71.7 Å². The van der Waals surface area contributed by atoms with E-state index in [0.717, 1.165) is 31.3 Å². The third kappa shape index (κ3) is 4.39. The highest BCUT2D eigenvalue weighted by Gasteiger charge is 2.72. The summed E-state index contributed by atoms with van der Waals surface area (Å²) in [5.74, 6) is -0.749. The van der Waals surface area contributed by atoms with Gasteiger partial charge in [0.05, 0.1) is 30.3 Å². The number of carbonyl (C=O) groups is 1. The van der Waals surface area contributed by atoms with E-state index in [0.29, 0.717) is 38.0 Å². The Kier molecular flexibility index (Phi) is 8.46. The highest BCUT2D eigenvalue weighted by Crippen LogP contribution is 2.76. The molecule has 6 rings (SSSR count). The van der Waals surface area contributed by atoms with E-state index in [-0.39, 0.29) is 34.7 Å². The number of allylic oxidation sites excluding steroid dienone is 1. The van der Waals surface area contributed by atoms with Crippen LogP contribution < -0.4 is 0 Å². The molecule has 10 nitrogen and oxygen atoms in total. The highest BCUT2D eigenvalue weighted by molar-refractivity contribution is 5.79. The maximum Gasteiger partial charge on any atom is 0.315 e. The summed E-state index contributed by atoms with van der Waals surface area (Å²) in [4.78, 5) is 14.5. The molecule has 1 saturated heterocycles. The van der Waals surface area contributed by atoms with Crippen LogP contribution >= 0.6 is 0 Å². The van der Waals surface area contributed by atoms with E-state index in [2.05, 4.69) is 26.8 Å². The van der Waals surface area contributed by atoms with Gasteiger partial charge in [-0.3, -0.25) is 4.79 Å². The van der Waals surface area contributed by atoms with E-state index >= 15 is 0 Å². The van der Waals surface area contributed by atoms with Gasteiger partial charge in [0.2, 0.25) is 6.29 Å². The second-order valence-electron chi connectivity index (χ2n) is 17.4. The number of esters is 1. The van der Waals surface area contributed by atoms with Crippen molar-refractivity contribution in [1.82, 2.24) is 0 Å². The fourth-order valence-corrected chi connectivity index (χ4v) is 12.3. The summed E-state index contributed by atoms with van der Waals surface area (Å²) in [6, 6.07) is 0. The largest absolute Gasteiger partial charge is 0.432 e. The lowest BCUT2D eigenvalue weighted by Crippen LogP contribution is -2.68. The minimum absolute atomic E-state index is 0.0435. The van der Waals surface area contributed by atoms with E-state index in [4.69, 9.17) is 9.47 Å². The van der Waals surface area contributed by atoms with Gasteiger partial charge in [-0.1, -0.05) is 46.3 Å². The molecule has 7 N–H and O–H groups in total. The van der Waals surface area contributed by atoms with Crippen LogP contribution in [-0.2, 0) is 14.3 Å². The van der Waals surface area contributed by atoms with Gasteiger partial charge in [-0.2, -0.15) is 0 Å². The number of aliphatic hydroxyl groups excluding tert-OH is 6. The molecule has 0 amide bonds. The molecule has 0 aromatic rings. The first-order valence-electron chi connectivity index (χ1n) is 17.6. The van der Waals surface area contributed by atoms with Crippen LogP contribution in [0.4, 0.5) is 0 Å². The topological polar surface area (TPSA) is 177 Å². The quantitative estimate of drug-likeness (QED) is 0.177. The zero-order valence-corrected chi connectivity index (χ0v) is 28.5. The molecule has 262 valence electrons. The summed E-state index contributed by atoms with van der Waals surface area (Å²) in [6.07, 6.45) is 0.492. The number of fused-ring (bicyclic) bond motifs is 7. The van der Waals surface area contributed by atoms with Crippen molar-refractivity contribution in [3.63, 3.8) is 0 Å². The number of aliphatic hydroxyl groups is 7. The summed E-state index contributed by atoms with van der Waals surface area (Å²) < 4.78 is 11.5. The van der Waals surface area contributed by atoms with Crippen molar-refractivity contribution in [3.8, 4) is 0 Å². The molecule has 6 aliphatic rings. The summed E-state index contributed by atoms with van der Waals surface area (Å²) in [6.45, 7) is 12.3. The fourth-order valence-electron chi connectivity index (χ4n) is 12.3. The lowest BCUT2D eigenvalue weighted by Gasteiger charge is -2.72. The first kappa shape index (κ1) is 34.7. The normalized spacial score (nSPS) is 56.8. The Morgan fingerprint density at radius 3 is 2.24 bits per heavy atom. The molecule has 0 radical (unpaired) electrons. The minimum atomic E-state index is -1.70. The Labute approximate surface area is 273 Å². The molecule has 4 saturated carbocycles. The zero-order chi connectivity index (χ0) is 33.8. The van der Waals surface area contributed by atoms with Crippen molar-refractivity contribution in [1.29, 1.82) is 0 Å². The van der Waals surface area contributed by atoms with Crippen LogP contribution in [-0.4, -0.2) is 97.3 Å². The van der Waals surface area contributed by atoms with Gasteiger partial charge in [-0.25, -0.2) is 0 Å². The molecule has 0 bridgehead atoms. The molecule has 0 aromatic heterocycles. The smallest absolute Gasteiger partial charge is 0.315 e. The molecule has 1 heterocycles. The van der Waals surface area contributed by atoms with E-state index in [1.807, 2.05) is 20.8 Å². The van der Waals surface area contributed by atoms with Crippen LogP contribution in [0.5, 0.6) is 0 Å². The number of ether oxygens (including phenoxy) is 2. The number of rotatable bonds is 4. The maximum atomic E-state index is 14.5. The number of hydrogen-bond donors (Lipinski definition) is 7. The SMILES string of the molecule is C[C@@H]1CC[C@]2(C(=O)O[C@H]3O[C@@H](CO)[C@H](O)[C@@H](O)[C@@H]3O)CC[C@]3(C)C(=CC[C@@H]4[C@@]5(C)CC[C@H](O)[C@@](C)(CO)[C@@H]5CC[C@]43C)[C@@H]2[C@]1(C)O. The predicted molar refractivity (Wildman–Crippen MR) is 168 cm³/mol. The van der Waals surface area contributed by atoms with Gasteiger partial charge in [-0.05, 0) is 98.7 Å². The van der Waals surface area contributed by atoms with Crippen LogP contribution in [0.2, 0.25) is 0 Å². The van der Waals surface area contributed by atoms with Crippen molar-refractivity contribution in [2.45, 2.75) is 142 Å². The summed E-state index contributed by atoms with van der Waals surface area (Å²) in [5, 5.41) is 75.0. The van der Waals surface area contributed by atoms with Crippen LogP contribution in [0.25, 0.3) is 0 Å². The Morgan fingerprint density at radius 2 is 1.59 bits per heavy atom. The van der Waals surface area contributed by atoms with Gasteiger partial charge < -0.3 is 45.2 Å². The maximum absolute atomic E-state index is 14.5. The van der Waals surface area contributed by atoms with Crippen molar-refractivity contribution < 1.29 is 50.0 Å². The van der Waals surface area contributed by atoms with Crippen molar-refractivity contribution in [2.24, 2.45) is 50.7 Å². The monoisotopic (exact) mass is 650 g/mol. The second kappa shape index (κ2) is 11.2. The zero-order valence-electron chi connectivity index (χ0n) is 28.5. The van der Waals surface area contributed by atoms with Crippen LogP contribution in [0.1, 0.15) is 99.3 Å². The Balaban J connectivity index is 1.39. The molecular weight excluding hydrogens is 592 g/mol. The first-order chi connectivity index (χ1) is 21.4. The molecule has 5 aliphatic carbocycles. The lowest BCUT2D eigenvalue weighted by molar-refractivity contribution is -0.299. The molecule has 0 spiro atoms. The summed E-state index contributed by atoms with van der Waals surface area (Å²) in [7, 11) is 0. The van der Waals surface area contributed by atoms with Crippen molar-refractivity contribution in [3.05, 3.63) is 11.6 Å². The van der Waals surface area contributed by atoms with Gasteiger partial charge in [0.15, 0.2) is 0 Å². The average Bonchev–Trinajstić information content (AvgIpc) is 3.01. The highest BCUT2D eigenvalue weighted by atomic mass is 16.7. The van der Waals surface area contributed by atoms with Crippen molar-refractivity contribution >= 4 is 5.97 Å². The molecular formula is C36H58O10. The minimum Gasteiger partial charge on any atom is -0.432 e. The molecule has 16 atom stereocenters.